The van der Waals surface area contributed by atoms with Crippen molar-refractivity contribution in [3.05, 3.63) is 65.7 Å². The second kappa shape index (κ2) is 12.1. The zero-order valence-corrected chi connectivity index (χ0v) is 22.3. The SMILES string of the molecule is CN(C(=O)COCC1CCCCN1S(=O)(=O)c1ccccc1C(F)(F)F)C1CCN(Cc2ccccc2)C1. The summed E-state index contributed by atoms with van der Waals surface area (Å²) < 4.78 is 73.9. The number of likely N-dealkylation sites (tertiary alicyclic amines) is 1. The first kappa shape index (κ1) is 28.5. The second-order valence-corrected chi connectivity index (χ2v) is 11.8. The minimum absolute atomic E-state index is 0.0558. The summed E-state index contributed by atoms with van der Waals surface area (Å²) in [5, 5.41) is 0. The quantitative estimate of drug-likeness (QED) is 0.470. The number of alkyl halides is 3. The number of nitrogens with zero attached hydrogens (tertiary/aromatic N) is 3. The smallest absolute Gasteiger partial charge is 0.370 e. The van der Waals surface area contributed by atoms with E-state index in [-0.39, 0.29) is 31.7 Å². The molecule has 2 saturated heterocycles. The number of likely N-dealkylation sites (N-methyl/N-ethyl adjacent to an activating group) is 1. The van der Waals surface area contributed by atoms with Crippen LogP contribution in [0, 0.1) is 0 Å². The lowest BCUT2D eigenvalue weighted by Gasteiger charge is -2.35. The number of benzene rings is 2. The van der Waals surface area contributed by atoms with Gasteiger partial charge in [-0.05, 0) is 37.0 Å². The van der Waals surface area contributed by atoms with E-state index in [1.165, 1.54) is 17.7 Å². The van der Waals surface area contributed by atoms with Crippen LogP contribution in [0.15, 0.2) is 59.5 Å². The van der Waals surface area contributed by atoms with Gasteiger partial charge in [-0.15, -0.1) is 0 Å². The number of hydrogen-bond donors (Lipinski definition) is 0. The van der Waals surface area contributed by atoms with Crippen molar-refractivity contribution in [2.24, 2.45) is 0 Å². The van der Waals surface area contributed by atoms with E-state index in [1.54, 1.807) is 11.9 Å². The highest BCUT2D eigenvalue weighted by atomic mass is 32.2. The molecule has 2 aromatic rings. The molecule has 2 unspecified atom stereocenters. The van der Waals surface area contributed by atoms with Gasteiger partial charge in [0.15, 0.2) is 0 Å². The van der Waals surface area contributed by atoms with Gasteiger partial charge in [-0.1, -0.05) is 48.9 Å². The van der Waals surface area contributed by atoms with Crippen LogP contribution < -0.4 is 0 Å². The second-order valence-electron chi connectivity index (χ2n) is 9.94. The molecule has 2 fully saturated rings. The van der Waals surface area contributed by atoms with Crippen LogP contribution in [-0.4, -0.2) is 80.4 Å². The van der Waals surface area contributed by atoms with Gasteiger partial charge >= 0.3 is 6.18 Å². The summed E-state index contributed by atoms with van der Waals surface area (Å²) in [6.07, 6.45) is -2.21. The van der Waals surface area contributed by atoms with Crippen LogP contribution in [0.2, 0.25) is 0 Å². The topological polar surface area (TPSA) is 70.2 Å². The number of halogens is 3. The van der Waals surface area contributed by atoms with Crippen molar-refractivity contribution in [1.29, 1.82) is 0 Å². The van der Waals surface area contributed by atoms with Gasteiger partial charge in [-0.3, -0.25) is 9.69 Å². The molecule has 11 heteroatoms. The van der Waals surface area contributed by atoms with E-state index in [0.717, 1.165) is 48.9 Å². The Morgan fingerprint density at radius 3 is 2.47 bits per heavy atom. The van der Waals surface area contributed by atoms with Gasteiger partial charge in [0, 0.05) is 45.3 Å². The summed E-state index contributed by atoms with van der Waals surface area (Å²) in [4.78, 5) is 16.0. The number of hydrogen-bond acceptors (Lipinski definition) is 5. The molecule has 0 aliphatic carbocycles. The van der Waals surface area contributed by atoms with E-state index in [9.17, 15) is 26.4 Å². The number of piperidine rings is 1. The van der Waals surface area contributed by atoms with Gasteiger partial charge in [0.1, 0.15) is 6.61 Å². The minimum Gasteiger partial charge on any atom is -0.370 e. The van der Waals surface area contributed by atoms with Gasteiger partial charge in [-0.2, -0.15) is 17.5 Å². The minimum atomic E-state index is -4.79. The molecular formula is C27H34F3N3O4S. The number of carbonyl (C=O) groups excluding carboxylic acids is 1. The third-order valence-electron chi connectivity index (χ3n) is 7.33. The van der Waals surface area contributed by atoms with Crippen molar-refractivity contribution in [2.75, 3.05) is 39.9 Å². The molecule has 38 heavy (non-hydrogen) atoms. The Hall–Kier alpha value is -2.47. The van der Waals surface area contributed by atoms with Crippen LogP contribution in [0.4, 0.5) is 13.2 Å². The number of ether oxygens (including phenoxy) is 1. The Morgan fingerprint density at radius 2 is 1.74 bits per heavy atom. The largest absolute Gasteiger partial charge is 0.417 e. The van der Waals surface area contributed by atoms with Crippen molar-refractivity contribution in [3.63, 3.8) is 0 Å². The number of carbonyl (C=O) groups is 1. The Bertz CT molecular complexity index is 1190. The predicted molar refractivity (Wildman–Crippen MR) is 137 cm³/mol. The van der Waals surface area contributed by atoms with Crippen LogP contribution in [-0.2, 0) is 32.3 Å². The summed E-state index contributed by atoms with van der Waals surface area (Å²) in [7, 11) is -2.66. The first-order valence-corrected chi connectivity index (χ1v) is 14.3. The molecule has 208 valence electrons. The highest BCUT2D eigenvalue weighted by Gasteiger charge is 2.41. The molecule has 0 spiro atoms. The normalized spacial score (nSPS) is 21.5. The van der Waals surface area contributed by atoms with Gasteiger partial charge < -0.3 is 9.64 Å². The van der Waals surface area contributed by atoms with Gasteiger partial charge in [0.2, 0.25) is 15.9 Å². The Morgan fingerprint density at radius 1 is 1.03 bits per heavy atom. The standard InChI is InChI=1S/C27H34F3N3O4S/c1-31(22-14-16-32(18-22)17-21-9-3-2-4-10-21)26(34)20-37-19-23-11-7-8-15-33(23)38(35,36)25-13-6-5-12-24(25)27(28,29)30/h2-6,9-10,12-13,22-23H,7-8,11,14-20H2,1H3. The molecule has 1 amide bonds. The molecule has 2 heterocycles. The van der Waals surface area contributed by atoms with Crippen molar-refractivity contribution in [2.45, 2.75) is 55.4 Å². The molecular weight excluding hydrogens is 519 g/mol. The number of rotatable bonds is 9. The molecule has 0 radical (unpaired) electrons. The highest BCUT2D eigenvalue weighted by Crippen LogP contribution is 2.36. The van der Waals surface area contributed by atoms with E-state index in [2.05, 4.69) is 17.0 Å². The summed E-state index contributed by atoms with van der Waals surface area (Å²) in [5.74, 6) is -0.204. The first-order valence-electron chi connectivity index (χ1n) is 12.8. The van der Waals surface area contributed by atoms with E-state index in [0.29, 0.717) is 12.8 Å². The fraction of sp³-hybridized carbons (Fsp3) is 0.519. The third kappa shape index (κ3) is 6.74. The molecule has 2 aliphatic heterocycles. The maximum atomic E-state index is 13.5. The first-order chi connectivity index (χ1) is 18.1. The average molecular weight is 554 g/mol. The van der Waals surface area contributed by atoms with Crippen LogP contribution in [0.1, 0.15) is 36.8 Å². The summed E-state index contributed by atoms with van der Waals surface area (Å²) in [6, 6.07) is 13.8. The lowest BCUT2D eigenvalue weighted by atomic mass is 10.1. The fourth-order valence-electron chi connectivity index (χ4n) is 5.21. The van der Waals surface area contributed by atoms with Crippen LogP contribution >= 0.6 is 0 Å². The Balaban J connectivity index is 1.32. The van der Waals surface area contributed by atoms with Gasteiger partial charge in [-0.25, -0.2) is 8.42 Å². The highest BCUT2D eigenvalue weighted by molar-refractivity contribution is 7.89. The fourth-order valence-corrected chi connectivity index (χ4v) is 7.10. The monoisotopic (exact) mass is 553 g/mol. The van der Waals surface area contributed by atoms with E-state index in [1.807, 2.05) is 18.2 Å². The Kier molecular flexibility index (Phi) is 9.12. The number of sulfonamides is 1. The number of amides is 1. The molecule has 0 aromatic heterocycles. The molecule has 2 atom stereocenters. The molecule has 2 aromatic carbocycles. The maximum absolute atomic E-state index is 13.5. The third-order valence-corrected chi connectivity index (χ3v) is 9.34. The lowest BCUT2D eigenvalue weighted by Crippen LogP contribution is -2.47. The maximum Gasteiger partial charge on any atom is 0.417 e. The molecule has 0 N–H and O–H groups in total. The zero-order chi connectivity index (χ0) is 27.3. The molecule has 0 bridgehead atoms. The molecule has 2 aliphatic rings. The molecule has 0 saturated carbocycles. The average Bonchev–Trinajstić information content (AvgIpc) is 3.37. The van der Waals surface area contributed by atoms with Gasteiger partial charge in [0.25, 0.3) is 0 Å². The van der Waals surface area contributed by atoms with E-state index >= 15 is 0 Å². The lowest BCUT2D eigenvalue weighted by molar-refractivity contribution is -0.140. The van der Waals surface area contributed by atoms with Crippen molar-refractivity contribution in [3.8, 4) is 0 Å². The van der Waals surface area contributed by atoms with Gasteiger partial charge in [0.05, 0.1) is 17.1 Å². The summed E-state index contributed by atoms with van der Waals surface area (Å²) >= 11 is 0. The van der Waals surface area contributed by atoms with Crippen molar-refractivity contribution in [1.82, 2.24) is 14.1 Å². The van der Waals surface area contributed by atoms with E-state index < -0.39 is 32.7 Å². The molecule has 7 nitrogen and oxygen atoms in total. The van der Waals surface area contributed by atoms with Crippen LogP contribution in [0.5, 0.6) is 0 Å². The van der Waals surface area contributed by atoms with Crippen molar-refractivity contribution >= 4 is 15.9 Å². The van der Waals surface area contributed by atoms with Crippen LogP contribution in [0.25, 0.3) is 0 Å². The molecule has 4 rings (SSSR count). The summed E-state index contributed by atoms with van der Waals surface area (Å²) in [5.41, 5.74) is 0.0372. The predicted octanol–water partition coefficient (Wildman–Crippen LogP) is 4.00. The van der Waals surface area contributed by atoms with Crippen LogP contribution in [0.3, 0.4) is 0 Å². The summed E-state index contributed by atoms with van der Waals surface area (Å²) in [6.45, 7) is 2.29. The van der Waals surface area contributed by atoms with E-state index in [4.69, 9.17) is 4.74 Å². The van der Waals surface area contributed by atoms with Crippen molar-refractivity contribution < 1.29 is 31.1 Å². The zero-order valence-electron chi connectivity index (χ0n) is 21.4. The Labute approximate surface area is 222 Å².